The van der Waals surface area contributed by atoms with Crippen LogP contribution in [0, 0.1) is 5.82 Å². The molecule has 1 N–H and O–H groups in total. The van der Waals surface area contributed by atoms with E-state index in [0.717, 1.165) is 32.0 Å². The van der Waals surface area contributed by atoms with Gasteiger partial charge in [-0.3, -0.25) is 9.80 Å². The molecule has 0 spiro atoms. The lowest BCUT2D eigenvalue weighted by molar-refractivity contribution is 0.0485. The van der Waals surface area contributed by atoms with Crippen molar-refractivity contribution in [2.45, 2.75) is 25.6 Å². The largest absolute Gasteiger partial charge is 0.497 e. The summed E-state index contributed by atoms with van der Waals surface area (Å²) < 4.78 is 21.7. The molecule has 164 valence electrons. The smallest absolute Gasteiger partial charge is 0.136 e. The van der Waals surface area contributed by atoms with Crippen LogP contribution in [0.15, 0.2) is 60.9 Å². The monoisotopic (exact) mass is 424 g/mol. The summed E-state index contributed by atoms with van der Waals surface area (Å²) in [5.74, 6) is 1.18. The zero-order chi connectivity index (χ0) is 21.6. The standard InChI is InChI=1S/C24H29FN4O2/c1-31-22-8-7-19(23(25)15-22)16-28-13-12-27(17-20(28)9-14-30)18-21-5-4-11-29(21)24-6-2-3-10-26-24/h2-8,10-11,15,20,30H,9,12-14,16-18H2,1H3/t20-/m1/s1. The van der Waals surface area contributed by atoms with Crippen molar-refractivity contribution in [1.82, 2.24) is 19.4 Å². The summed E-state index contributed by atoms with van der Waals surface area (Å²) in [5.41, 5.74) is 1.83. The normalized spacial score (nSPS) is 17.7. The summed E-state index contributed by atoms with van der Waals surface area (Å²) >= 11 is 0. The van der Waals surface area contributed by atoms with Crippen molar-refractivity contribution in [3.8, 4) is 11.6 Å². The second-order valence-electron chi connectivity index (χ2n) is 7.89. The minimum atomic E-state index is -0.252. The van der Waals surface area contributed by atoms with Gasteiger partial charge in [-0.15, -0.1) is 0 Å². The highest BCUT2D eigenvalue weighted by Gasteiger charge is 2.28. The third kappa shape index (κ3) is 5.12. The SMILES string of the molecule is COc1ccc(CN2CCN(Cc3cccn3-c3ccccn3)C[C@H]2CCO)c(F)c1. The number of aliphatic hydroxyl groups is 1. The third-order valence-corrected chi connectivity index (χ3v) is 5.90. The Kier molecular flexibility index (Phi) is 6.96. The fourth-order valence-electron chi connectivity index (χ4n) is 4.23. The molecule has 2 aromatic heterocycles. The first-order valence-electron chi connectivity index (χ1n) is 10.6. The summed E-state index contributed by atoms with van der Waals surface area (Å²) in [6.07, 6.45) is 4.49. The summed E-state index contributed by atoms with van der Waals surface area (Å²) in [6.45, 7) is 3.97. The van der Waals surface area contributed by atoms with E-state index in [-0.39, 0.29) is 18.5 Å². The predicted molar refractivity (Wildman–Crippen MR) is 118 cm³/mol. The van der Waals surface area contributed by atoms with Gasteiger partial charge in [0.05, 0.1) is 7.11 Å². The van der Waals surface area contributed by atoms with Gasteiger partial charge in [0.15, 0.2) is 0 Å². The maximum absolute atomic E-state index is 14.5. The molecule has 0 saturated carbocycles. The van der Waals surface area contributed by atoms with E-state index in [1.54, 1.807) is 18.3 Å². The number of nitrogens with zero attached hydrogens (tertiary/aromatic N) is 4. The molecule has 6 nitrogen and oxygen atoms in total. The minimum absolute atomic E-state index is 0.115. The molecule has 1 fully saturated rings. The number of piperazine rings is 1. The maximum atomic E-state index is 14.5. The van der Waals surface area contributed by atoms with Crippen molar-refractivity contribution < 1.29 is 14.2 Å². The van der Waals surface area contributed by atoms with Gasteiger partial charge in [-0.25, -0.2) is 9.37 Å². The first kappa shape index (κ1) is 21.5. The third-order valence-electron chi connectivity index (χ3n) is 5.90. The number of methoxy groups -OCH3 is 1. The van der Waals surface area contributed by atoms with Gasteiger partial charge in [-0.2, -0.15) is 0 Å². The van der Waals surface area contributed by atoms with Gasteiger partial charge in [0, 0.05) is 75.1 Å². The lowest BCUT2D eigenvalue weighted by Gasteiger charge is -2.41. The van der Waals surface area contributed by atoms with Crippen LogP contribution in [0.1, 0.15) is 17.7 Å². The molecule has 7 heteroatoms. The van der Waals surface area contributed by atoms with Gasteiger partial charge in [-0.1, -0.05) is 12.1 Å². The quantitative estimate of drug-likeness (QED) is 0.602. The highest BCUT2D eigenvalue weighted by atomic mass is 19.1. The molecule has 1 atom stereocenters. The summed E-state index contributed by atoms with van der Waals surface area (Å²) in [6, 6.07) is 15.2. The van der Waals surface area contributed by atoms with E-state index < -0.39 is 0 Å². The van der Waals surface area contributed by atoms with Gasteiger partial charge in [0.25, 0.3) is 0 Å². The van der Waals surface area contributed by atoms with Crippen LogP contribution in [0.25, 0.3) is 5.82 Å². The number of hydrogen-bond donors (Lipinski definition) is 1. The number of aliphatic hydroxyl groups excluding tert-OH is 1. The van der Waals surface area contributed by atoms with Gasteiger partial charge < -0.3 is 14.4 Å². The van der Waals surface area contributed by atoms with E-state index in [1.807, 2.05) is 30.5 Å². The van der Waals surface area contributed by atoms with E-state index >= 15 is 0 Å². The molecule has 1 aliphatic heterocycles. The molecular weight excluding hydrogens is 395 g/mol. The Bertz CT molecular complexity index is 979. The molecule has 0 radical (unpaired) electrons. The average Bonchev–Trinajstić information content (AvgIpc) is 3.25. The summed E-state index contributed by atoms with van der Waals surface area (Å²) in [5, 5.41) is 9.61. The Hall–Kier alpha value is -2.74. The number of benzene rings is 1. The lowest BCUT2D eigenvalue weighted by atomic mass is 10.1. The second-order valence-corrected chi connectivity index (χ2v) is 7.89. The average molecular weight is 425 g/mol. The van der Waals surface area contributed by atoms with Crippen LogP contribution < -0.4 is 4.74 Å². The topological polar surface area (TPSA) is 53.8 Å². The molecule has 3 aromatic rings. The Morgan fingerprint density at radius 2 is 2.03 bits per heavy atom. The zero-order valence-electron chi connectivity index (χ0n) is 17.8. The fraction of sp³-hybridized carbons (Fsp3) is 0.375. The molecule has 1 aromatic carbocycles. The first-order valence-corrected chi connectivity index (χ1v) is 10.6. The van der Waals surface area contributed by atoms with Gasteiger partial charge >= 0.3 is 0 Å². The fourth-order valence-corrected chi connectivity index (χ4v) is 4.23. The van der Waals surface area contributed by atoms with Crippen LogP contribution in [0.3, 0.4) is 0 Å². The molecule has 0 bridgehead atoms. The number of ether oxygens (including phenoxy) is 1. The maximum Gasteiger partial charge on any atom is 0.136 e. The molecule has 3 heterocycles. The van der Waals surface area contributed by atoms with Crippen molar-refractivity contribution in [3.05, 3.63) is 78.0 Å². The molecule has 0 unspecified atom stereocenters. The number of halogens is 1. The van der Waals surface area contributed by atoms with Crippen LogP contribution in [0.2, 0.25) is 0 Å². The van der Waals surface area contributed by atoms with Crippen LogP contribution >= 0.6 is 0 Å². The molecule has 1 saturated heterocycles. The van der Waals surface area contributed by atoms with E-state index in [9.17, 15) is 9.50 Å². The molecule has 0 aliphatic carbocycles. The van der Waals surface area contributed by atoms with Crippen LogP contribution in [0.5, 0.6) is 5.75 Å². The van der Waals surface area contributed by atoms with Crippen LogP contribution in [-0.4, -0.2) is 63.9 Å². The van der Waals surface area contributed by atoms with Crippen molar-refractivity contribution in [2.75, 3.05) is 33.4 Å². The van der Waals surface area contributed by atoms with Gasteiger partial charge in [0.2, 0.25) is 0 Å². The highest BCUT2D eigenvalue weighted by Crippen LogP contribution is 2.22. The Morgan fingerprint density at radius 1 is 1.13 bits per heavy atom. The van der Waals surface area contributed by atoms with Gasteiger partial charge in [-0.05, 0) is 36.8 Å². The van der Waals surface area contributed by atoms with Crippen molar-refractivity contribution in [2.24, 2.45) is 0 Å². The van der Waals surface area contributed by atoms with Crippen molar-refractivity contribution in [1.29, 1.82) is 0 Å². The summed E-state index contributed by atoms with van der Waals surface area (Å²) in [7, 11) is 1.54. The van der Waals surface area contributed by atoms with Crippen LogP contribution in [-0.2, 0) is 13.1 Å². The Morgan fingerprint density at radius 3 is 2.77 bits per heavy atom. The molecule has 31 heavy (non-hydrogen) atoms. The van der Waals surface area contributed by atoms with Crippen molar-refractivity contribution in [3.63, 3.8) is 0 Å². The molecule has 1 aliphatic rings. The Labute approximate surface area is 182 Å². The number of pyridine rings is 1. The van der Waals surface area contributed by atoms with E-state index in [4.69, 9.17) is 4.74 Å². The van der Waals surface area contributed by atoms with E-state index in [1.165, 1.54) is 18.9 Å². The molecular formula is C24H29FN4O2. The van der Waals surface area contributed by atoms with Crippen LogP contribution in [0.4, 0.5) is 4.39 Å². The Balaban J connectivity index is 1.44. The first-order chi connectivity index (χ1) is 15.2. The second kappa shape index (κ2) is 10.0. The van der Waals surface area contributed by atoms with Gasteiger partial charge in [0.1, 0.15) is 17.4 Å². The number of rotatable bonds is 8. The number of aromatic nitrogens is 2. The molecule has 0 amide bonds. The predicted octanol–water partition coefficient (Wildman–Crippen LogP) is 3.09. The molecule has 4 rings (SSSR count). The minimum Gasteiger partial charge on any atom is -0.497 e. The lowest BCUT2D eigenvalue weighted by Crippen LogP contribution is -2.52. The zero-order valence-corrected chi connectivity index (χ0v) is 17.8. The van der Waals surface area contributed by atoms with E-state index in [2.05, 4.69) is 25.4 Å². The number of hydrogen-bond acceptors (Lipinski definition) is 5. The highest BCUT2D eigenvalue weighted by molar-refractivity contribution is 5.29. The van der Waals surface area contributed by atoms with Crippen molar-refractivity contribution >= 4 is 0 Å². The summed E-state index contributed by atoms with van der Waals surface area (Å²) in [4.78, 5) is 9.13. The van der Waals surface area contributed by atoms with E-state index in [0.29, 0.717) is 24.3 Å².